The molecule has 140 valence electrons. The van der Waals surface area contributed by atoms with Crippen molar-refractivity contribution in [2.75, 3.05) is 6.61 Å². The van der Waals surface area contributed by atoms with Gasteiger partial charge in [-0.3, -0.25) is 4.79 Å². The lowest BCUT2D eigenvalue weighted by molar-refractivity contribution is 0.0945. The first-order valence-electron chi connectivity index (χ1n) is 8.69. The normalized spacial score (nSPS) is 10.7. The van der Waals surface area contributed by atoms with Crippen LogP contribution in [0.4, 0.5) is 0 Å². The van der Waals surface area contributed by atoms with Gasteiger partial charge in [-0.25, -0.2) is 4.68 Å². The second-order valence-electron chi connectivity index (χ2n) is 6.09. The molecule has 0 aliphatic carbocycles. The molecule has 0 aliphatic heterocycles. The molecule has 3 rings (SSSR count). The number of aryl methyl sites for hydroxylation is 1. The van der Waals surface area contributed by atoms with Crippen molar-refractivity contribution in [2.45, 2.75) is 27.3 Å². The number of carbonyl (C=O) groups excluding carboxylic acids is 1. The molecule has 0 spiro atoms. The highest BCUT2D eigenvalue weighted by atomic mass is 79.9. The van der Waals surface area contributed by atoms with Crippen molar-refractivity contribution in [2.24, 2.45) is 0 Å². The van der Waals surface area contributed by atoms with Crippen molar-refractivity contribution >= 4 is 21.8 Å². The van der Waals surface area contributed by atoms with Crippen LogP contribution in [0.1, 0.15) is 34.2 Å². The first-order chi connectivity index (χ1) is 13.0. The lowest BCUT2D eigenvalue weighted by Crippen LogP contribution is -2.24. The van der Waals surface area contributed by atoms with Crippen LogP contribution >= 0.6 is 15.9 Å². The minimum absolute atomic E-state index is 0.265. The number of rotatable bonds is 6. The van der Waals surface area contributed by atoms with E-state index in [-0.39, 0.29) is 5.91 Å². The number of aromatic nitrogens is 3. The van der Waals surface area contributed by atoms with Gasteiger partial charge in [0.2, 0.25) is 0 Å². The highest BCUT2D eigenvalue weighted by molar-refractivity contribution is 9.10. The van der Waals surface area contributed by atoms with Crippen molar-refractivity contribution in [1.82, 2.24) is 20.3 Å². The molecule has 1 heterocycles. The summed E-state index contributed by atoms with van der Waals surface area (Å²) in [6, 6.07) is 13.5. The lowest BCUT2D eigenvalue weighted by atomic mass is 10.2. The third kappa shape index (κ3) is 4.19. The largest absolute Gasteiger partial charge is 0.494 e. The van der Waals surface area contributed by atoms with E-state index in [9.17, 15) is 4.79 Å². The number of ether oxygens (including phenoxy) is 1. The van der Waals surface area contributed by atoms with Gasteiger partial charge < -0.3 is 10.1 Å². The number of nitrogens with zero attached hydrogens (tertiary/aromatic N) is 3. The summed E-state index contributed by atoms with van der Waals surface area (Å²) < 4.78 is 8.29. The van der Waals surface area contributed by atoms with Crippen LogP contribution in [-0.4, -0.2) is 27.5 Å². The fourth-order valence-corrected chi connectivity index (χ4v) is 3.00. The summed E-state index contributed by atoms with van der Waals surface area (Å²) in [5, 5.41) is 11.1. The Bertz CT molecular complexity index is 968. The lowest BCUT2D eigenvalue weighted by Gasteiger charge is -2.10. The van der Waals surface area contributed by atoms with E-state index in [2.05, 4.69) is 31.6 Å². The van der Waals surface area contributed by atoms with E-state index in [1.54, 1.807) is 4.68 Å². The summed E-state index contributed by atoms with van der Waals surface area (Å²) in [4.78, 5) is 12.6. The highest BCUT2D eigenvalue weighted by Crippen LogP contribution is 2.21. The summed E-state index contributed by atoms with van der Waals surface area (Å²) in [6.45, 7) is 6.70. The average Bonchev–Trinajstić information content (AvgIpc) is 3.05. The Labute approximate surface area is 166 Å². The van der Waals surface area contributed by atoms with Gasteiger partial charge in [0.05, 0.1) is 18.0 Å². The number of amides is 1. The molecule has 0 bridgehead atoms. The number of carbonyl (C=O) groups is 1. The molecule has 3 aromatic rings. The van der Waals surface area contributed by atoms with E-state index < -0.39 is 0 Å². The van der Waals surface area contributed by atoms with Crippen LogP contribution in [-0.2, 0) is 6.54 Å². The number of nitrogens with one attached hydrogen (secondary N) is 1. The van der Waals surface area contributed by atoms with E-state index in [0.29, 0.717) is 24.5 Å². The van der Waals surface area contributed by atoms with Crippen molar-refractivity contribution in [3.8, 4) is 11.4 Å². The monoisotopic (exact) mass is 428 g/mol. The number of halogens is 1. The van der Waals surface area contributed by atoms with Crippen LogP contribution in [0.25, 0.3) is 5.69 Å². The first kappa shape index (κ1) is 19.1. The van der Waals surface area contributed by atoms with Crippen molar-refractivity contribution in [3.63, 3.8) is 0 Å². The maximum Gasteiger partial charge on any atom is 0.274 e. The van der Waals surface area contributed by atoms with Gasteiger partial charge in [-0.2, -0.15) is 0 Å². The molecule has 0 saturated carbocycles. The van der Waals surface area contributed by atoms with E-state index in [0.717, 1.165) is 27.0 Å². The third-order valence-electron chi connectivity index (χ3n) is 4.21. The zero-order valence-corrected chi connectivity index (χ0v) is 17.1. The summed E-state index contributed by atoms with van der Waals surface area (Å²) in [5.41, 5.74) is 3.86. The molecule has 6 nitrogen and oxygen atoms in total. The predicted molar refractivity (Wildman–Crippen MR) is 107 cm³/mol. The van der Waals surface area contributed by atoms with Gasteiger partial charge in [0.25, 0.3) is 5.91 Å². The topological polar surface area (TPSA) is 69.0 Å². The molecule has 2 aromatic carbocycles. The number of benzene rings is 2. The van der Waals surface area contributed by atoms with E-state index in [1.807, 2.05) is 63.2 Å². The molecule has 0 aliphatic rings. The summed E-state index contributed by atoms with van der Waals surface area (Å²) >= 11 is 3.49. The van der Waals surface area contributed by atoms with E-state index in [1.165, 1.54) is 0 Å². The molecule has 0 saturated heterocycles. The quantitative estimate of drug-likeness (QED) is 0.644. The van der Waals surface area contributed by atoms with Crippen molar-refractivity contribution in [1.29, 1.82) is 0 Å². The Balaban J connectivity index is 1.77. The Morgan fingerprint density at radius 2 is 2.00 bits per heavy atom. The fraction of sp³-hybridized carbons (Fsp3) is 0.250. The Hall–Kier alpha value is -2.67. The summed E-state index contributed by atoms with van der Waals surface area (Å²) in [5.74, 6) is 0.505. The van der Waals surface area contributed by atoms with Gasteiger partial charge in [0, 0.05) is 16.6 Å². The smallest absolute Gasteiger partial charge is 0.274 e. The second kappa shape index (κ2) is 8.35. The highest BCUT2D eigenvalue weighted by Gasteiger charge is 2.18. The van der Waals surface area contributed by atoms with Crippen LogP contribution in [0, 0.1) is 13.8 Å². The molecule has 1 amide bonds. The van der Waals surface area contributed by atoms with Crippen LogP contribution in [0.3, 0.4) is 0 Å². The van der Waals surface area contributed by atoms with E-state index >= 15 is 0 Å². The standard InChI is InChI=1S/C20H21BrN4O2/c1-4-27-18-8-6-5-7-15(18)12-22-20(26)19-14(3)25(24-23-19)16-9-10-17(21)13(2)11-16/h5-11H,4,12H2,1-3H3,(H,22,26). The molecule has 27 heavy (non-hydrogen) atoms. The molecule has 7 heteroatoms. The van der Waals surface area contributed by atoms with Crippen molar-refractivity contribution in [3.05, 3.63) is 69.5 Å². The average molecular weight is 429 g/mol. The summed E-state index contributed by atoms with van der Waals surface area (Å²) in [6.07, 6.45) is 0. The van der Waals surface area contributed by atoms with Crippen LogP contribution in [0.15, 0.2) is 46.9 Å². The van der Waals surface area contributed by atoms with Gasteiger partial charge in [-0.05, 0) is 50.6 Å². The minimum Gasteiger partial charge on any atom is -0.494 e. The summed E-state index contributed by atoms with van der Waals surface area (Å²) in [7, 11) is 0. The van der Waals surface area contributed by atoms with Gasteiger partial charge in [-0.1, -0.05) is 39.3 Å². The Morgan fingerprint density at radius 3 is 2.74 bits per heavy atom. The van der Waals surface area contributed by atoms with Gasteiger partial charge in [0.1, 0.15) is 5.75 Å². The molecule has 0 unspecified atom stereocenters. The molecule has 0 fully saturated rings. The number of hydrogen-bond acceptors (Lipinski definition) is 4. The Morgan fingerprint density at radius 1 is 1.22 bits per heavy atom. The number of hydrogen-bond donors (Lipinski definition) is 1. The third-order valence-corrected chi connectivity index (χ3v) is 5.10. The molecular weight excluding hydrogens is 408 g/mol. The minimum atomic E-state index is -0.265. The van der Waals surface area contributed by atoms with Crippen LogP contribution in [0.5, 0.6) is 5.75 Å². The predicted octanol–water partition coefficient (Wildman–Crippen LogP) is 3.98. The van der Waals surface area contributed by atoms with Crippen molar-refractivity contribution < 1.29 is 9.53 Å². The van der Waals surface area contributed by atoms with Gasteiger partial charge in [-0.15, -0.1) is 5.10 Å². The molecule has 0 atom stereocenters. The molecule has 1 N–H and O–H groups in total. The van der Waals surface area contributed by atoms with Crippen LogP contribution in [0.2, 0.25) is 0 Å². The molecule has 0 radical (unpaired) electrons. The van der Waals surface area contributed by atoms with E-state index in [4.69, 9.17) is 4.74 Å². The zero-order chi connectivity index (χ0) is 19.4. The first-order valence-corrected chi connectivity index (χ1v) is 9.48. The number of para-hydroxylation sites is 1. The van der Waals surface area contributed by atoms with Crippen LogP contribution < -0.4 is 10.1 Å². The molecule has 1 aromatic heterocycles. The second-order valence-corrected chi connectivity index (χ2v) is 6.95. The fourth-order valence-electron chi connectivity index (χ4n) is 2.75. The zero-order valence-electron chi connectivity index (χ0n) is 15.5. The van der Waals surface area contributed by atoms with Gasteiger partial charge in [0.15, 0.2) is 5.69 Å². The maximum absolute atomic E-state index is 12.6. The molecular formula is C20H21BrN4O2. The maximum atomic E-state index is 12.6. The Kier molecular flexibility index (Phi) is 5.91. The van der Waals surface area contributed by atoms with Gasteiger partial charge >= 0.3 is 0 Å². The SMILES string of the molecule is CCOc1ccccc1CNC(=O)c1nnn(-c2ccc(Br)c(C)c2)c1C.